The molecular weight excluding hydrogens is 418 g/mol. The number of sulfone groups is 1. The number of hydrogen-bond acceptors (Lipinski definition) is 6. The Morgan fingerprint density at radius 3 is 2.65 bits per heavy atom. The Morgan fingerprint density at radius 2 is 2.00 bits per heavy atom. The van der Waals surface area contributed by atoms with Crippen LogP contribution in [0.25, 0.3) is 0 Å². The molecular formula is C22H25N3O5S. The number of rotatable bonds is 10. The van der Waals surface area contributed by atoms with E-state index < -0.39 is 9.84 Å². The molecule has 0 N–H and O–H groups in total. The van der Waals surface area contributed by atoms with E-state index in [0.29, 0.717) is 24.4 Å². The molecule has 0 spiro atoms. The minimum atomic E-state index is -3.68. The topological polar surface area (TPSA) is 94.6 Å². The summed E-state index contributed by atoms with van der Waals surface area (Å²) in [6, 6.07) is 12.4. The molecule has 1 fully saturated rings. The summed E-state index contributed by atoms with van der Waals surface area (Å²) in [6.45, 7) is 0.900. The minimum Gasteiger partial charge on any atom is -0.459 e. The first-order valence-corrected chi connectivity index (χ1v) is 11.8. The number of amides is 1. The van der Waals surface area contributed by atoms with Gasteiger partial charge in [0.2, 0.25) is 15.0 Å². The van der Waals surface area contributed by atoms with Crippen molar-refractivity contribution in [3.05, 3.63) is 71.9 Å². The summed E-state index contributed by atoms with van der Waals surface area (Å²) < 4.78 is 38.4. The second-order valence-electron chi connectivity index (χ2n) is 7.56. The highest BCUT2D eigenvalue weighted by atomic mass is 32.2. The van der Waals surface area contributed by atoms with Gasteiger partial charge in [0, 0.05) is 19.7 Å². The van der Waals surface area contributed by atoms with Crippen LogP contribution in [0.5, 0.6) is 0 Å². The molecule has 0 unspecified atom stereocenters. The molecule has 8 nitrogen and oxygen atoms in total. The fraction of sp³-hybridized carbons (Fsp3) is 0.364. The van der Waals surface area contributed by atoms with Crippen LogP contribution < -0.4 is 0 Å². The third kappa shape index (κ3) is 4.88. The fourth-order valence-corrected chi connectivity index (χ4v) is 5.03. The Kier molecular flexibility index (Phi) is 6.24. The fourth-order valence-electron chi connectivity index (χ4n) is 3.52. The number of aromatic nitrogens is 2. The van der Waals surface area contributed by atoms with E-state index in [1.165, 1.54) is 6.26 Å². The number of furan rings is 1. The summed E-state index contributed by atoms with van der Waals surface area (Å²) in [6.07, 6.45) is 4.84. The molecule has 4 rings (SSSR count). The smallest absolute Gasteiger partial charge is 0.290 e. The van der Waals surface area contributed by atoms with Gasteiger partial charge >= 0.3 is 0 Å². The number of hydrogen-bond donors (Lipinski definition) is 0. The van der Waals surface area contributed by atoms with Crippen LogP contribution in [0.15, 0.2) is 64.5 Å². The van der Waals surface area contributed by atoms with Crippen molar-refractivity contribution in [1.29, 1.82) is 0 Å². The second kappa shape index (κ2) is 9.07. The Bertz CT molecular complexity index is 1120. The van der Waals surface area contributed by atoms with Crippen LogP contribution in [0.2, 0.25) is 0 Å². The van der Waals surface area contributed by atoms with Gasteiger partial charge in [-0.05, 0) is 30.5 Å². The van der Waals surface area contributed by atoms with Crippen molar-refractivity contribution < 1.29 is 22.4 Å². The zero-order chi connectivity index (χ0) is 21.8. The number of ether oxygens (including phenoxy) is 1. The Morgan fingerprint density at radius 1 is 1.23 bits per heavy atom. The summed E-state index contributed by atoms with van der Waals surface area (Å²) in [4.78, 5) is 18.9. The first kappa shape index (κ1) is 21.3. The second-order valence-corrected chi connectivity index (χ2v) is 9.45. The molecule has 1 aromatic carbocycles. The van der Waals surface area contributed by atoms with Gasteiger partial charge in [0.15, 0.2) is 5.76 Å². The molecule has 31 heavy (non-hydrogen) atoms. The van der Waals surface area contributed by atoms with E-state index in [9.17, 15) is 13.2 Å². The molecule has 0 aliphatic heterocycles. The molecule has 9 heteroatoms. The van der Waals surface area contributed by atoms with E-state index in [0.717, 1.165) is 12.8 Å². The first-order valence-electron chi connectivity index (χ1n) is 10.1. The lowest BCUT2D eigenvalue weighted by Crippen LogP contribution is -2.33. The lowest BCUT2D eigenvalue weighted by Gasteiger charge is -2.22. The summed E-state index contributed by atoms with van der Waals surface area (Å²) in [5.74, 6) is -0.0814. The van der Waals surface area contributed by atoms with Crippen molar-refractivity contribution in [2.75, 3.05) is 13.7 Å². The monoisotopic (exact) mass is 443 g/mol. The maximum absolute atomic E-state index is 13.1. The van der Waals surface area contributed by atoms with Gasteiger partial charge in [0.1, 0.15) is 0 Å². The van der Waals surface area contributed by atoms with Gasteiger partial charge in [-0.15, -0.1) is 0 Å². The molecule has 3 aromatic rings. The maximum Gasteiger partial charge on any atom is 0.290 e. The third-order valence-corrected chi connectivity index (χ3v) is 6.81. The van der Waals surface area contributed by atoms with Gasteiger partial charge in [0.25, 0.3) is 5.91 Å². The normalized spacial score (nSPS) is 14.0. The van der Waals surface area contributed by atoms with Crippen LogP contribution in [0, 0.1) is 0 Å². The Hall–Kier alpha value is -2.91. The minimum absolute atomic E-state index is 0.00963. The highest BCUT2D eigenvalue weighted by Crippen LogP contribution is 2.30. The van der Waals surface area contributed by atoms with Crippen LogP contribution in [0.4, 0.5) is 0 Å². The van der Waals surface area contributed by atoms with Crippen LogP contribution in [0.1, 0.15) is 34.7 Å². The lowest BCUT2D eigenvalue weighted by atomic mass is 10.2. The zero-order valence-electron chi connectivity index (χ0n) is 17.3. The summed E-state index contributed by atoms with van der Waals surface area (Å²) in [5.41, 5.74) is 1.34. The van der Waals surface area contributed by atoms with E-state index in [-0.39, 0.29) is 35.2 Å². The number of carbonyl (C=O) groups is 1. The average Bonchev–Trinajstić information content (AvgIpc) is 3.28. The van der Waals surface area contributed by atoms with Crippen molar-refractivity contribution in [3.63, 3.8) is 0 Å². The van der Waals surface area contributed by atoms with Crippen molar-refractivity contribution >= 4 is 15.7 Å². The molecule has 1 saturated carbocycles. The number of nitrogens with zero attached hydrogens (tertiary/aromatic N) is 3. The number of benzene rings is 1. The van der Waals surface area contributed by atoms with Crippen LogP contribution in [-0.4, -0.2) is 48.5 Å². The molecule has 164 valence electrons. The molecule has 1 aliphatic carbocycles. The highest BCUT2D eigenvalue weighted by molar-refractivity contribution is 7.90. The van der Waals surface area contributed by atoms with E-state index >= 15 is 0 Å². The number of carbonyl (C=O) groups excluding carboxylic acids is 1. The van der Waals surface area contributed by atoms with Gasteiger partial charge in [0.05, 0.1) is 37.1 Å². The van der Waals surface area contributed by atoms with E-state index in [2.05, 4.69) is 4.98 Å². The van der Waals surface area contributed by atoms with Crippen molar-refractivity contribution in [2.45, 2.75) is 42.9 Å². The Labute approximate surface area is 181 Å². The van der Waals surface area contributed by atoms with E-state index in [1.54, 1.807) is 59.2 Å². The molecule has 0 saturated heterocycles. The summed E-state index contributed by atoms with van der Waals surface area (Å²) in [5, 5.41) is -0.00963. The molecule has 2 aromatic heterocycles. The standard InChI is InChI=1S/C22H25N3O5S/c1-29-13-11-24-19(15-25(18-9-10-18)21(26)20-8-5-12-30-20)14-23-22(24)31(27,28)16-17-6-3-2-4-7-17/h2-8,12,14,18H,9-11,13,15-16H2,1H3. The van der Waals surface area contributed by atoms with E-state index in [1.807, 2.05) is 6.07 Å². The third-order valence-electron chi connectivity index (χ3n) is 5.21. The molecule has 0 bridgehead atoms. The molecule has 1 aliphatic rings. The van der Waals surface area contributed by atoms with Crippen LogP contribution in [-0.2, 0) is 33.4 Å². The predicted octanol–water partition coefficient (Wildman–Crippen LogP) is 2.90. The van der Waals surface area contributed by atoms with E-state index in [4.69, 9.17) is 9.15 Å². The first-order chi connectivity index (χ1) is 15.0. The quantitative estimate of drug-likeness (QED) is 0.478. The maximum atomic E-state index is 13.1. The van der Waals surface area contributed by atoms with Gasteiger partial charge in [-0.2, -0.15) is 0 Å². The van der Waals surface area contributed by atoms with Crippen molar-refractivity contribution in [1.82, 2.24) is 14.5 Å². The summed E-state index contributed by atoms with van der Waals surface area (Å²) >= 11 is 0. The number of methoxy groups -OCH3 is 1. The van der Waals surface area contributed by atoms with Crippen LogP contribution in [0.3, 0.4) is 0 Å². The zero-order valence-corrected chi connectivity index (χ0v) is 18.1. The summed E-state index contributed by atoms with van der Waals surface area (Å²) in [7, 11) is -2.12. The van der Waals surface area contributed by atoms with Crippen LogP contribution >= 0.6 is 0 Å². The predicted molar refractivity (Wildman–Crippen MR) is 113 cm³/mol. The van der Waals surface area contributed by atoms with Crippen molar-refractivity contribution in [3.8, 4) is 0 Å². The average molecular weight is 444 g/mol. The molecule has 0 radical (unpaired) electrons. The molecule has 0 atom stereocenters. The lowest BCUT2D eigenvalue weighted by molar-refractivity contribution is 0.0692. The van der Waals surface area contributed by atoms with Gasteiger partial charge in [-0.1, -0.05) is 30.3 Å². The SMILES string of the molecule is COCCn1c(CN(C(=O)c2ccco2)C2CC2)cnc1S(=O)(=O)Cc1ccccc1. The highest BCUT2D eigenvalue weighted by Gasteiger charge is 2.35. The molecule has 1 amide bonds. The van der Waals surface area contributed by atoms with Crippen molar-refractivity contribution in [2.24, 2.45) is 0 Å². The van der Waals surface area contributed by atoms with Gasteiger partial charge in [-0.25, -0.2) is 13.4 Å². The van der Waals surface area contributed by atoms with Gasteiger partial charge in [-0.3, -0.25) is 4.79 Å². The largest absolute Gasteiger partial charge is 0.459 e. The number of imidazole rings is 1. The van der Waals surface area contributed by atoms with Gasteiger partial charge < -0.3 is 18.6 Å². The Balaban J connectivity index is 1.63. The molecule has 2 heterocycles.